The van der Waals surface area contributed by atoms with Crippen LogP contribution in [0.25, 0.3) is 5.78 Å². The minimum Gasteiger partial charge on any atom is -0.467 e. The number of carbonyl (C=O) groups excluding carboxylic acids is 1. The molecule has 0 fully saturated rings. The molecule has 2 N–H and O–H groups in total. The highest BCUT2D eigenvalue weighted by Gasteiger charge is 2.13. The highest BCUT2D eigenvalue weighted by molar-refractivity contribution is 7.99. The first-order chi connectivity index (χ1) is 11.7. The molecule has 126 valence electrons. The van der Waals surface area contributed by atoms with Crippen LogP contribution < -0.4 is 10.9 Å². The summed E-state index contributed by atoms with van der Waals surface area (Å²) in [5, 5.41) is 11.4. The molecule has 0 unspecified atom stereocenters. The van der Waals surface area contributed by atoms with Crippen molar-refractivity contribution in [2.24, 2.45) is 0 Å². The molecule has 0 saturated heterocycles. The first-order valence-electron chi connectivity index (χ1n) is 7.56. The maximum Gasteiger partial charge on any atom is 0.252 e. The Morgan fingerprint density at radius 2 is 2.33 bits per heavy atom. The SMILES string of the molecule is CCCc1cc(=O)[nH]c2nnc(SCC(=O)NCc3ccco3)n12. The lowest BCUT2D eigenvalue weighted by Crippen LogP contribution is -2.24. The first kappa shape index (κ1) is 16.3. The largest absolute Gasteiger partial charge is 0.467 e. The third kappa shape index (κ3) is 3.67. The van der Waals surface area contributed by atoms with Gasteiger partial charge >= 0.3 is 0 Å². The molecule has 0 spiro atoms. The van der Waals surface area contributed by atoms with Crippen LogP contribution in [-0.4, -0.2) is 31.2 Å². The van der Waals surface area contributed by atoms with E-state index in [0.717, 1.165) is 18.5 Å². The Labute approximate surface area is 141 Å². The van der Waals surface area contributed by atoms with E-state index in [-0.39, 0.29) is 17.2 Å². The highest BCUT2D eigenvalue weighted by atomic mass is 32.2. The molecule has 0 atom stereocenters. The van der Waals surface area contributed by atoms with Crippen LogP contribution in [0, 0.1) is 0 Å². The monoisotopic (exact) mass is 347 g/mol. The van der Waals surface area contributed by atoms with Gasteiger partial charge in [0.25, 0.3) is 5.56 Å². The molecule has 24 heavy (non-hydrogen) atoms. The zero-order chi connectivity index (χ0) is 16.9. The van der Waals surface area contributed by atoms with Crippen LogP contribution in [0.2, 0.25) is 0 Å². The van der Waals surface area contributed by atoms with E-state index in [4.69, 9.17) is 4.42 Å². The number of carbonyl (C=O) groups is 1. The lowest BCUT2D eigenvalue weighted by molar-refractivity contribution is -0.118. The van der Waals surface area contributed by atoms with E-state index in [0.29, 0.717) is 23.2 Å². The number of aryl methyl sites for hydroxylation is 1. The van der Waals surface area contributed by atoms with Gasteiger partial charge in [0.05, 0.1) is 18.6 Å². The molecule has 0 aliphatic heterocycles. The second-order valence-corrected chi connectivity index (χ2v) is 6.10. The van der Waals surface area contributed by atoms with Crippen LogP contribution in [0.15, 0.2) is 38.8 Å². The Balaban J connectivity index is 1.68. The molecule has 0 aromatic carbocycles. The van der Waals surface area contributed by atoms with Crippen LogP contribution in [0.1, 0.15) is 24.8 Å². The maximum absolute atomic E-state index is 11.9. The van der Waals surface area contributed by atoms with Crippen molar-refractivity contribution >= 4 is 23.4 Å². The Morgan fingerprint density at radius 3 is 3.08 bits per heavy atom. The van der Waals surface area contributed by atoms with Gasteiger partial charge in [-0.05, 0) is 18.6 Å². The van der Waals surface area contributed by atoms with Gasteiger partial charge < -0.3 is 9.73 Å². The normalized spacial score (nSPS) is 11.0. The summed E-state index contributed by atoms with van der Waals surface area (Å²) in [6.45, 7) is 2.38. The molecule has 3 aromatic rings. The highest BCUT2D eigenvalue weighted by Crippen LogP contribution is 2.17. The minimum absolute atomic E-state index is 0.130. The Hall–Kier alpha value is -2.55. The fourth-order valence-electron chi connectivity index (χ4n) is 2.29. The number of hydrogen-bond donors (Lipinski definition) is 2. The molecule has 9 heteroatoms. The lowest BCUT2D eigenvalue weighted by atomic mass is 10.2. The molecule has 0 saturated carbocycles. The number of aromatic nitrogens is 4. The van der Waals surface area contributed by atoms with Crippen molar-refractivity contribution in [3.63, 3.8) is 0 Å². The summed E-state index contributed by atoms with van der Waals surface area (Å²) in [4.78, 5) is 26.2. The molecule has 0 aliphatic rings. The topological polar surface area (TPSA) is 105 Å². The standard InChI is InChI=1S/C15H17N5O3S/c1-2-4-10-7-12(21)17-14-18-19-15(20(10)14)24-9-13(22)16-8-11-5-3-6-23-11/h3,5-7H,2,4,8-9H2,1H3,(H,16,22)(H,17,18,21). The van der Waals surface area contributed by atoms with Gasteiger partial charge in [0, 0.05) is 11.8 Å². The Morgan fingerprint density at radius 1 is 1.46 bits per heavy atom. The fraction of sp³-hybridized carbons (Fsp3) is 0.333. The van der Waals surface area contributed by atoms with Crippen LogP contribution in [-0.2, 0) is 17.8 Å². The van der Waals surface area contributed by atoms with E-state index in [9.17, 15) is 9.59 Å². The predicted octanol–water partition coefficient (Wildman–Crippen LogP) is 1.37. The number of hydrogen-bond acceptors (Lipinski definition) is 6. The molecule has 1 amide bonds. The number of aromatic amines is 1. The smallest absolute Gasteiger partial charge is 0.252 e. The second-order valence-electron chi connectivity index (χ2n) is 5.16. The van der Waals surface area contributed by atoms with Crippen molar-refractivity contribution in [1.29, 1.82) is 0 Å². The van der Waals surface area contributed by atoms with Crippen LogP contribution in [0.4, 0.5) is 0 Å². The van der Waals surface area contributed by atoms with Crippen molar-refractivity contribution in [2.75, 3.05) is 5.75 Å². The molecule has 0 radical (unpaired) electrons. The van der Waals surface area contributed by atoms with Gasteiger partial charge in [0.15, 0.2) is 5.16 Å². The molecule has 0 bridgehead atoms. The molecular weight excluding hydrogens is 330 g/mol. The maximum atomic E-state index is 11.9. The van der Waals surface area contributed by atoms with Crippen molar-refractivity contribution in [3.8, 4) is 0 Å². The van der Waals surface area contributed by atoms with E-state index in [1.165, 1.54) is 11.8 Å². The van der Waals surface area contributed by atoms with E-state index < -0.39 is 0 Å². The van der Waals surface area contributed by atoms with Crippen LogP contribution in [0.5, 0.6) is 0 Å². The number of amides is 1. The molecule has 3 rings (SSSR count). The van der Waals surface area contributed by atoms with E-state index in [1.807, 2.05) is 6.92 Å². The Kier molecular flexibility index (Phi) is 4.99. The van der Waals surface area contributed by atoms with Gasteiger partial charge in [-0.15, -0.1) is 10.2 Å². The molecule has 0 aliphatic carbocycles. The number of H-pyrrole nitrogens is 1. The van der Waals surface area contributed by atoms with Gasteiger partial charge in [0.2, 0.25) is 11.7 Å². The van der Waals surface area contributed by atoms with Crippen LogP contribution in [0.3, 0.4) is 0 Å². The quantitative estimate of drug-likeness (QED) is 0.626. The van der Waals surface area contributed by atoms with Gasteiger partial charge in [0.1, 0.15) is 5.76 Å². The van der Waals surface area contributed by atoms with Crippen molar-refractivity contribution in [1.82, 2.24) is 24.9 Å². The third-order valence-corrected chi connectivity index (χ3v) is 4.26. The summed E-state index contributed by atoms with van der Waals surface area (Å²) in [7, 11) is 0. The minimum atomic E-state index is -0.203. The summed E-state index contributed by atoms with van der Waals surface area (Å²) in [6, 6.07) is 5.11. The summed E-state index contributed by atoms with van der Waals surface area (Å²) in [5.41, 5.74) is 0.630. The summed E-state index contributed by atoms with van der Waals surface area (Å²) in [6.07, 6.45) is 3.19. The molecular formula is C15H17N5O3S. The van der Waals surface area contributed by atoms with E-state index in [1.54, 1.807) is 28.9 Å². The first-order valence-corrected chi connectivity index (χ1v) is 8.55. The Bertz CT molecular complexity index is 884. The number of fused-ring (bicyclic) bond motifs is 1. The number of nitrogens with zero attached hydrogens (tertiary/aromatic N) is 3. The summed E-state index contributed by atoms with van der Waals surface area (Å²) < 4.78 is 6.95. The lowest BCUT2D eigenvalue weighted by Gasteiger charge is -2.06. The molecule has 8 nitrogen and oxygen atoms in total. The van der Waals surface area contributed by atoms with Crippen LogP contribution >= 0.6 is 11.8 Å². The van der Waals surface area contributed by atoms with Crippen molar-refractivity contribution < 1.29 is 9.21 Å². The van der Waals surface area contributed by atoms with Gasteiger partial charge in [-0.1, -0.05) is 25.1 Å². The van der Waals surface area contributed by atoms with Gasteiger partial charge in [-0.3, -0.25) is 19.0 Å². The van der Waals surface area contributed by atoms with Gasteiger partial charge in [-0.25, -0.2) is 0 Å². The van der Waals surface area contributed by atoms with E-state index >= 15 is 0 Å². The number of nitrogens with one attached hydrogen (secondary N) is 2. The number of thioether (sulfide) groups is 1. The van der Waals surface area contributed by atoms with Gasteiger partial charge in [-0.2, -0.15) is 0 Å². The summed E-state index contributed by atoms with van der Waals surface area (Å²) in [5.74, 6) is 1.16. The van der Waals surface area contributed by atoms with E-state index in [2.05, 4.69) is 20.5 Å². The number of rotatable bonds is 7. The zero-order valence-corrected chi connectivity index (χ0v) is 13.9. The molecule has 3 heterocycles. The number of furan rings is 1. The van der Waals surface area contributed by atoms with Crippen molar-refractivity contribution in [2.45, 2.75) is 31.5 Å². The predicted molar refractivity (Wildman–Crippen MR) is 88.9 cm³/mol. The fourth-order valence-corrected chi connectivity index (χ4v) is 3.08. The van der Waals surface area contributed by atoms with Crippen molar-refractivity contribution in [3.05, 3.63) is 46.3 Å². The summed E-state index contributed by atoms with van der Waals surface area (Å²) >= 11 is 1.27. The average Bonchev–Trinajstić information content (AvgIpc) is 3.20. The third-order valence-electron chi connectivity index (χ3n) is 3.33. The average molecular weight is 347 g/mol. The zero-order valence-electron chi connectivity index (χ0n) is 13.1. The molecule has 3 aromatic heterocycles. The second kappa shape index (κ2) is 7.35.